The first-order valence-corrected chi connectivity index (χ1v) is 6.63. The van der Waals surface area contributed by atoms with E-state index < -0.39 is 0 Å². The highest BCUT2D eigenvalue weighted by molar-refractivity contribution is 6.07. The molecule has 20 heavy (non-hydrogen) atoms. The van der Waals surface area contributed by atoms with Crippen molar-refractivity contribution in [2.24, 2.45) is 0 Å². The van der Waals surface area contributed by atoms with Crippen molar-refractivity contribution in [2.45, 2.75) is 13.8 Å². The van der Waals surface area contributed by atoms with Crippen LogP contribution < -0.4 is 9.64 Å². The van der Waals surface area contributed by atoms with Crippen LogP contribution in [0.3, 0.4) is 0 Å². The van der Waals surface area contributed by atoms with Crippen LogP contribution >= 0.6 is 0 Å². The number of aryl methyl sites for hydroxylation is 2. The Kier molecular flexibility index (Phi) is 3.14. The number of aromatic nitrogens is 1. The first-order chi connectivity index (χ1) is 9.66. The molecule has 0 aliphatic carbocycles. The number of hydrogen-bond acceptors (Lipinski definition) is 3. The van der Waals surface area contributed by atoms with Crippen molar-refractivity contribution in [3.63, 3.8) is 0 Å². The number of pyridine rings is 1. The van der Waals surface area contributed by atoms with Gasteiger partial charge in [-0.3, -0.25) is 9.78 Å². The molecule has 0 N–H and O–H groups in total. The number of ether oxygens (including phenoxy) is 1. The maximum Gasteiger partial charge on any atom is 0.258 e. The van der Waals surface area contributed by atoms with Crippen molar-refractivity contribution in [3.05, 3.63) is 53.3 Å². The van der Waals surface area contributed by atoms with Gasteiger partial charge in [0.1, 0.15) is 18.0 Å². The van der Waals surface area contributed by atoms with Crippen molar-refractivity contribution in [3.8, 4) is 5.75 Å². The van der Waals surface area contributed by atoms with E-state index in [-0.39, 0.29) is 5.91 Å². The Morgan fingerprint density at radius 3 is 2.90 bits per heavy atom. The van der Waals surface area contributed by atoms with Crippen LogP contribution in [-0.4, -0.2) is 24.0 Å². The SMILES string of the molecule is Cc1ccc(C(=O)N2CCOc3ccncc32)cc1C. The minimum absolute atomic E-state index is 0.00866. The lowest BCUT2D eigenvalue weighted by atomic mass is 10.1. The highest BCUT2D eigenvalue weighted by Crippen LogP contribution is 2.31. The van der Waals surface area contributed by atoms with Gasteiger partial charge in [-0.1, -0.05) is 6.07 Å². The normalized spacial score (nSPS) is 13.6. The van der Waals surface area contributed by atoms with Gasteiger partial charge in [0.15, 0.2) is 0 Å². The van der Waals surface area contributed by atoms with Gasteiger partial charge in [0, 0.05) is 17.8 Å². The third-order valence-electron chi connectivity index (χ3n) is 3.62. The average molecular weight is 268 g/mol. The second kappa shape index (κ2) is 4.96. The number of fused-ring (bicyclic) bond motifs is 1. The van der Waals surface area contributed by atoms with E-state index in [4.69, 9.17) is 4.74 Å². The Morgan fingerprint density at radius 1 is 1.25 bits per heavy atom. The van der Waals surface area contributed by atoms with Gasteiger partial charge >= 0.3 is 0 Å². The van der Waals surface area contributed by atoms with Crippen LogP contribution in [0, 0.1) is 13.8 Å². The quantitative estimate of drug-likeness (QED) is 0.798. The molecule has 1 amide bonds. The van der Waals surface area contributed by atoms with E-state index in [1.165, 1.54) is 5.56 Å². The summed E-state index contributed by atoms with van der Waals surface area (Å²) in [7, 11) is 0. The Bertz CT molecular complexity index is 667. The largest absolute Gasteiger partial charge is 0.489 e. The molecule has 2 heterocycles. The Balaban J connectivity index is 1.97. The zero-order valence-corrected chi connectivity index (χ0v) is 11.6. The third-order valence-corrected chi connectivity index (χ3v) is 3.62. The number of anilines is 1. The molecular weight excluding hydrogens is 252 g/mol. The van der Waals surface area contributed by atoms with Crippen LogP contribution in [0.15, 0.2) is 36.7 Å². The molecule has 0 atom stereocenters. The second-order valence-electron chi connectivity index (χ2n) is 4.95. The molecule has 1 aliphatic rings. The Labute approximate surface area is 118 Å². The van der Waals surface area contributed by atoms with Gasteiger partial charge in [-0.2, -0.15) is 0 Å². The number of benzene rings is 1. The van der Waals surface area contributed by atoms with Crippen LogP contribution in [-0.2, 0) is 0 Å². The number of amides is 1. The summed E-state index contributed by atoms with van der Waals surface area (Å²) in [5, 5.41) is 0. The summed E-state index contributed by atoms with van der Waals surface area (Å²) in [4.78, 5) is 18.5. The van der Waals surface area contributed by atoms with Gasteiger partial charge in [-0.05, 0) is 37.1 Å². The first kappa shape index (κ1) is 12.7. The molecule has 102 valence electrons. The van der Waals surface area contributed by atoms with Crippen LogP contribution in [0.2, 0.25) is 0 Å². The van der Waals surface area contributed by atoms with Gasteiger partial charge in [-0.25, -0.2) is 0 Å². The van der Waals surface area contributed by atoms with Gasteiger partial charge < -0.3 is 9.64 Å². The van der Waals surface area contributed by atoms with Gasteiger partial charge in [0.05, 0.1) is 12.7 Å². The fourth-order valence-electron chi connectivity index (χ4n) is 2.31. The molecule has 4 nitrogen and oxygen atoms in total. The molecule has 0 bridgehead atoms. The van der Waals surface area contributed by atoms with E-state index in [0.717, 1.165) is 11.3 Å². The minimum Gasteiger partial charge on any atom is -0.489 e. The summed E-state index contributed by atoms with van der Waals surface area (Å²) in [5.74, 6) is 0.703. The van der Waals surface area contributed by atoms with Crippen LogP contribution in [0.1, 0.15) is 21.5 Å². The predicted molar refractivity (Wildman–Crippen MR) is 77.3 cm³/mol. The first-order valence-electron chi connectivity index (χ1n) is 6.63. The summed E-state index contributed by atoms with van der Waals surface area (Å²) in [6.45, 7) is 5.11. The summed E-state index contributed by atoms with van der Waals surface area (Å²) < 4.78 is 5.55. The molecule has 2 aromatic rings. The lowest BCUT2D eigenvalue weighted by molar-refractivity contribution is 0.0976. The standard InChI is InChI=1S/C16H16N2O2/c1-11-3-4-13(9-12(11)2)16(19)18-7-8-20-15-5-6-17-10-14(15)18/h3-6,9-10H,7-8H2,1-2H3. The maximum atomic E-state index is 12.7. The Morgan fingerprint density at radius 2 is 2.10 bits per heavy atom. The fraction of sp³-hybridized carbons (Fsp3) is 0.250. The third kappa shape index (κ3) is 2.13. The van der Waals surface area contributed by atoms with E-state index >= 15 is 0 Å². The number of rotatable bonds is 1. The van der Waals surface area contributed by atoms with Gasteiger partial charge in [0.25, 0.3) is 5.91 Å². The lowest BCUT2D eigenvalue weighted by Crippen LogP contribution is -2.38. The molecule has 0 saturated heterocycles. The average Bonchev–Trinajstić information content (AvgIpc) is 2.49. The van der Waals surface area contributed by atoms with Gasteiger partial charge in [0.2, 0.25) is 0 Å². The molecular formula is C16H16N2O2. The van der Waals surface area contributed by atoms with Crippen molar-refractivity contribution < 1.29 is 9.53 Å². The van der Waals surface area contributed by atoms with Crippen LogP contribution in [0.5, 0.6) is 5.75 Å². The highest BCUT2D eigenvalue weighted by Gasteiger charge is 2.24. The summed E-state index contributed by atoms with van der Waals surface area (Å²) in [5.41, 5.74) is 3.74. The number of nitrogens with zero attached hydrogens (tertiary/aromatic N) is 2. The molecule has 0 radical (unpaired) electrons. The van der Waals surface area contributed by atoms with Crippen LogP contribution in [0.4, 0.5) is 5.69 Å². The molecule has 0 fully saturated rings. The van der Waals surface area contributed by atoms with E-state index in [1.807, 2.05) is 32.0 Å². The molecule has 4 heteroatoms. The number of hydrogen-bond donors (Lipinski definition) is 0. The number of carbonyl (C=O) groups excluding carboxylic acids is 1. The van der Waals surface area contributed by atoms with E-state index in [0.29, 0.717) is 24.5 Å². The molecule has 1 aliphatic heterocycles. The zero-order valence-electron chi connectivity index (χ0n) is 11.6. The fourth-order valence-corrected chi connectivity index (χ4v) is 2.31. The summed E-state index contributed by atoms with van der Waals surface area (Å²) in [6.07, 6.45) is 3.34. The molecule has 3 rings (SSSR count). The molecule has 1 aromatic carbocycles. The van der Waals surface area contributed by atoms with Crippen molar-refractivity contribution in [1.29, 1.82) is 0 Å². The van der Waals surface area contributed by atoms with E-state index in [2.05, 4.69) is 4.98 Å². The molecule has 1 aromatic heterocycles. The van der Waals surface area contributed by atoms with Crippen molar-refractivity contribution in [1.82, 2.24) is 4.98 Å². The number of carbonyl (C=O) groups is 1. The minimum atomic E-state index is -0.00866. The highest BCUT2D eigenvalue weighted by atomic mass is 16.5. The molecule has 0 unspecified atom stereocenters. The van der Waals surface area contributed by atoms with E-state index in [9.17, 15) is 4.79 Å². The Hall–Kier alpha value is -2.36. The topological polar surface area (TPSA) is 42.4 Å². The maximum absolute atomic E-state index is 12.7. The monoisotopic (exact) mass is 268 g/mol. The lowest BCUT2D eigenvalue weighted by Gasteiger charge is -2.29. The van der Waals surface area contributed by atoms with E-state index in [1.54, 1.807) is 23.4 Å². The molecule has 0 saturated carbocycles. The smallest absolute Gasteiger partial charge is 0.258 e. The van der Waals surface area contributed by atoms with Crippen LogP contribution in [0.25, 0.3) is 0 Å². The molecule has 0 spiro atoms. The van der Waals surface area contributed by atoms with Crippen molar-refractivity contribution in [2.75, 3.05) is 18.1 Å². The predicted octanol–water partition coefficient (Wildman–Crippen LogP) is 2.74. The summed E-state index contributed by atoms with van der Waals surface area (Å²) in [6, 6.07) is 7.57. The van der Waals surface area contributed by atoms with Gasteiger partial charge in [-0.15, -0.1) is 0 Å². The zero-order chi connectivity index (χ0) is 14.1. The second-order valence-corrected chi connectivity index (χ2v) is 4.95. The summed E-state index contributed by atoms with van der Waals surface area (Å²) >= 11 is 0. The van der Waals surface area contributed by atoms with Crippen molar-refractivity contribution >= 4 is 11.6 Å².